The normalized spacial score (nSPS) is 13.6. The van der Waals surface area contributed by atoms with Crippen LogP contribution in [0, 0.1) is 0 Å². The molecule has 0 amide bonds. The summed E-state index contributed by atoms with van der Waals surface area (Å²) in [5.41, 5.74) is 0. The van der Waals surface area contributed by atoms with Gasteiger partial charge in [-0.25, -0.2) is 9.13 Å². The number of hydrogen-bond donors (Lipinski definition) is 3. The third kappa shape index (κ3) is 83.8. The maximum Gasteiger partial charge on any atom is 0.472 e. The van der Waals surface area contributed by atoms with Crippen molar-refractivity contribution in [2.75, 3.05) is 39.6 Å². The van der Waals surface area contributed by atoms with Crippen molar-refractivity contribution in [3.63, 3.8) is 0 Å². The lowest BCUT2D eigenvalue weighted by atomic mass is 10.0. The number of carbonyl (C=O) groups is 4. The summed E-state index contributed by atoms with van der Waals surface area (Å²) in [6.07, 6.45) is 80.6. The lowest BCUT2D eigenvalue weighted by Gasteiger charge is -2.21. The number of ether oxygens (including phenoxy) is 4. The van der Waals surface area contributed by atoms with Crippen LogP contribution in [-0.2, 0) is 65.4 Å². The summed E-state index contributed by atoms with van der Waals surface area (Å²) in [6.45, 7) is 5.09. The zero-order valence-electron chi connectivity index (χ0n) is 71.5. The molecule has 0 aromatic carbocycles. The Hall–Kier alpha value is -1.94. The van der Waals surface area contributed by atoms with Gasteiger partial charge in [-0.15, -0.1) is 0 Å². The molecule has 0 fully saturated rings. The van der Waals surface area contributed by atoms with Gasteiger partial charge >= 0.3 is 39.5 Å². The first-order valence-electron chi connectivity index (χ1n) is 46.8. The number of aliphatic hydroxyl groups is 1. The monoisotopic (exact) mass is 1590 g/mol. The van der Waals surface area contributed by atoms with Crippen molar-refractivity contribution < 1.29 is 80.2 Å². The zero-order chi connectivity index (χ0) is 79.6. The minimum absolute atomic E-state index is 0.110. The summed E-state index contributed by atoms with van der Waals surface area (Å²) >= 11 is 0. The van der Waals surface area contributed by atoms with Crippen molar-refractivity contribution in [1.29, 1.82) is 0 Å². The Morgan fingerprint density at radius 1 is 0.220 bits per heavy atom. The molecule has 109 heavy (non-hydrogen) atoms. The molecule has 0 aromatic rings. The third-order valence-corrected chi connectivity index (χ3v) is 23.3. The van der Waals surface area contributed by atoms with E-state index in [4.69, 9.17) is 37.0 Å². The molecule has 0 aliphatic heterocycles. The maximum atomic E-state index is 13.2. The molecule has 0 saturated heterocycles. The smallest absolute Gasteiger partial charge is 0.462 e. The molecule has 0 spiro atoms. The van der Waals surface area contributed by atoms with Gasteiger partial charge in [0.05, 0.1) is 26.4 Å². The second-order valence-electron chi connectivity index (χ2n) is 32.3. The number of phosphoric ester groups is 2. The van der Waals surface area contributed by atoms with Gasteiger partial charge in [-0.1, -0.05) is 445 Å². The van der Waals surface area contributed by atoms with Gasteiger partial charge < -0.3 is 33.8 Å². The zero-order valence-corrected chi connectivity index (χ0v) is 73.3. The number of rotatable bonds is 91. The molecule has 0 rings (SSSR count). The third-order valence-electron chi connectivity index (χ3n) is 21.4. The first-order valence-corrected chi connectivity index (χ1v) is 49.8. The van der Waals surface area contributed by atoms with E-state index in [0.29, 0.717) is 25.7 Å². The molecule has 5 atom stereocenters. The quantitative estimate of drug-likeness (QED) is 0.0222. The second kappa shape index (κ2) is 84.0. The van der Waals surface area contributed by atoms with E-state index in [1.54, 1.807) is 0 Å². The fraction of sp³-hybridized carbons (Fsp3) is 0.956. The van der Waals surface area contributed by atoms with Gasteiger partial charge in [0.2, 0.25) is 0 Å². The highest BCUT2D eigenvalue weighted by molar-refractivity contribution is 7.47. The SMILES string of the molecule is CCCCCCCCCCCCCCCCCCCCCCC(=O)O[C@H](COC(=O)CCCCCCCCCCCCCCCCCCCCC)COP(=O)(O)OC[C@@H](O)COP(=O)(O)OC[C@@H](COC(=O)CCCCCCCCCCCCCC)OC(=O)CCCCCCCCCCCCCCCCCCCC. The van der Waals surface area contributed by atoms with Crippen molar-refractivity contribution in [3.05, 3.63) is 0 Å². The van der Waals surface area contributed by atoms with E-state index < -0.39 is 97.5 Å². The van der Waals surface area contributed by atoms with E-state index in [1.807, 2.05) is 0 Å². The molecule has 17 nitrogen and oxygen atoms in total. The van der Waals surface area contributed by atoms with Crippen molar-refractivity contribution in [2.45, 2.75) is 515 Å². The Morgan fingerprint density at radius 2 is 0.367 bits per heavy atom. The summed E-state index contributed by atoms with van der Waals surface area (Å²) in [4.78, 5) is 73.4. The van der Waals surface area contributed by atoms with Crippen LogP contribution in [0.4, 0.5) is 0 Å². The summed E-state index contributed by atoms with van der Waals surface area (Å²) in [5.74, 6) is -2.09. The van der Waals surface area contributed by atoms with Crippen LogP contribution in [0.5, 0.6) is 0 Å². The summed E-state index contributed by atoms with van der Waals surface area (Å²) in [5, 5.41) is 10.7. The summed E-state index contributed by atoms with van der Waals surface area (Å²) in [7, 11) is -9.93. The Morgan fingerprint density at radius 3 is 0.541 bits per heavy atom. The van der Waals surface area contributed by atoms with Crippen LogP contribution in [0.2, 0.25) is 0 Å². The van der Waals surface area contributed by atoms with Gasteiger partial charge in [0.15, 0.2) is 12.2 Å². The number of aliphatic hydroxyl groups excluding tert-OH is 1. The van der Waals surface area contributed by atoms with Crippen LogP contribution in [0.1, 0.15) is 496 Å². The average Bonchev–Trinajstić information content (AvgIpc) is 0.908. The van der Waals surface area contributed by atoms with Gasteiger partial charge in [0, 0.05) is 25.7 Å². The van der Waals surface area contributed by atoms with Crippen molar-refractivity contribution in [1.82, 2.24) is 0 Å². The Kier molecular flexibility index (Phi) is 82.5. The molecule has 3 N–H and O–H groups in total. The maximum absolute atomic E-state index is 13.2. The minimum atomic E-state index is -4.97. The first kappa shape index (κ1) is 107. The van der Waals surface area contributed by atoms with Crippen LogP contribution in [-0.4, -0.2) is 96.7 Å². The van der Waals surface area contributed by atoms with Gasteiger partial charge in [-0.05, 0) is 25.7 Å². The summed E-state index contributed by atoms with van der Waals surface area (Å²) < 4.78 is 69.1. The van der Waals surface area contributed by atoms with Crippen LogP contribution >= 0.6 is 15.6 Å². The minimum Gasteiger partial charge on any atom is -0.462 e. The van der Waals surface area contributed by atoms with E-state index in [9.17, 15) is 43.2 Å². The number of phosphoric acid groups is 2. The van der Waals surface area contributed by atoms with E-state index in [2.05, 4.69) is 27.7 Å². The fourth-order valence-electron chi connectivity index (χ4n) is 14.2. The number of esters is 4. The van der Waals surface area contributed by atoms with Gasteiger partial charge in [0.25, 0.3) is 0 Å². The highest BCUT2D eigenvalue weighted by Gasteiger charge is 2.30. The highest BCUT2D eigenvalue weighted by Crippen LogP contribution is 2.45. The molecule has 0 aromatic heterocycles. The molecule has 19 heteroatoms. The molecule has 0 saturated carbocycles. The molecular weight excluding hydrogens is 1410 g/mol. The number of unbranched alkanes of at least 4 members (excludes halogenated alkanes) is 65. The summed E-state index contributed by atoms with van der Waals surface area (Å²) in [6, 6.07) is 0. The molecule has 0 aliphatic rings. The highest BCUT2D eigenvalue weighted by atomic mass is 31.2. The van der Waals surface area contributed by atoms with Crippen molar-refractivity contribution >= 4 is 39.5 Å². The Labute approximate surface area is 670 Å². The van der Waals surface area contributed by atoms with E-state index in [-0.39, 0.29) is 25.7 Å². The average molecular weight is 1590 g/mol. The molecule has 0 aliphatic carbocycles. The largest absolute Gasteiger partial charge is 0.472 e. The van der Waals surface area contributed by atoms with Gasteiger partial charge in [0.1, 0.15) is 19.3 Å². The van der Waals surface area contributed by atoms with Crippen LogP contribution in [0.3, 0.4) is 0 Å². The van der Waals surface area contributed by atoms with Crippen molar-refractivity contribution in [2.24, 2.45) is 0 Å². The predicted octanol–water partition coefficient (Wildman–Crippen LogP) is 28.1. The van der Waals surface area contributed by atoms with Gasteiger partial charge in [-0.3, -0.25) is 37.3 Å². The van der Waals surface area contributed by atoms with E-state index >= 15 is 0 Å². The lowest BCUT2D eigenvalue weighted by molar-refractivity contribution is -0.161. The second-order valence-corrected chi connectivity index (χ2v) is 35.3. The fourth-order valence-corrected chi connectivity index (χ4v) is 15.8. The topological polar surface area (TPSA) is 237 Å². The Bertz CT molecular complexity index is 2050. The lowest BCUT2D eigenvalue weighted by Crippen LogP contribution is -2.30. The van der Waals surface area contributed by atoms with Crippen LogP contribution in [0.15, 0.2) is 0 Å². The molecular formula is C90H176O17P2. The van der Waals surface area contributed by atoms with Crippen LogP contribution < -0.4 is 0 Å². The molecule has 0 heterocycles. The van der Waals surface area contributed by atoms with E-state index in [1.165, 1.54) is 327 Å². The predicted molar refractivity (Wildman–Crippen MR) is 451 cm³/mol. The molecule has 0 bridgehead atoms. The first-order chi connectivity index (χ1) is 53.2. The number of hydrogen-bond acceptors (Lipinski definition) is 15. The standard InChI is InChI=1S/C90H176O17P2/c1-5-9-13-17-21-25-29-33-36-39-42-44-47-50-53-57-61-65-69-73-77-90(95)107-86(81-101-88(93)75-71-67-63-59-55-51-48-46-43-40-37-34-30-26-22-18-14-10-6-2)83-105-109(98,99)103-79-84(91)78-102-108(96,97)104-82-85(80-100-87(92)74-70-66-62-58-54-32-28-24-20-16-12-8-4)106-89(94)76-72-68-64-60-56-52-49-45-41-38-35-31-27-23-19-15-11-7-3/h84-86,91H,5-83H2,1-4H3,(H,96,97)(H,98,99)/t84-,85+,86+/m0/s1. The van der Waals surface area contributed by atoms with E-state index in [0.717, 1.165) is 89.9 Å². The molecule has 2 unspecified atom stereocenters. The molecule has 0 radical (unpaired) electrons. The van der Waals surface area contributed by atoms with Gasteiger partial charge in [-0.2, -0.15) is 0 Å². The number of carbonyl (C=O) groups excluding carboxylic acids is 4. The molecule has 648 valence electrons. The van der Waals surface area contributed by atoms with Crippen LogP contribution in [0.25, 0.3) is 0 Å². The van der Waals surface area contributed by atoms with Crippen molar-refractivity contribution in [3.8, 4) is 0 Å². The Balaban J connectivity index is 5.24.